The van der Waals surface area contributed by atoms with Crippen molar-refractivity contribution in [3.05, 3.63) is 0 Å². The van der Waals surface area contributed by atoms with E-state index in [2.05, 4.69) is 10.6 Å². The maximum atomic E-state index is 11.6. The minimum Gasteiger partial charge on any atom is -0.465 e. The van der Waals surface area contributed by atoms with Crippen LogP contribution in [0.1, 0.15) is 13.3 Å². The lowest BCUT2D eigenvalue weighted by Crippen LogP contribution is -2.42. The number of methoxy groups -OCH3 is 1. The van der Waals surface area contributed by atoms with E-state index >= 15 is 0 Å². The van der Waals surface area contributed by atoms with Gasteiger partial charge >= 0.3 is 5.97 Å². The van der Waals surface area contributed by atoms with Crippen LogP contribution in [0.4, 0.5) is 0 Å². The van der Waals surface area contributed by atoms with Crippen LogP contribution in [0.2, 0.25) is 0 Å². The molecule has 0 aromatic heterocycles. The van der Waals surface area contributed by atoms with Gasteiger partial charge in [0.05, 0.1) is 18.8 Å². The van der Waals surface area contributed by atoms with Crippen molar-refractivity contribution in [3.8, 4) is 0 Å². The zero-order valence-electron chi connectivity index (χ0n) is 9.62. The molecule has 6 nitrogen and oxygen atoms in total. The molecule has 1 rings (SSSR count). The van der Waals surface area contributed by atoms with Gasteiger partial charge in [0, 0.05) is 13.7 Å². The average molecular weight is 230 g/mol. The standard InChI is InChI=1S/C10H18N2O4/c1-3-16-9(13)6-12-10(14)8-4-7(15-2)5-11-8/h7-8,11H,3-6H2,1-2H3,(H,12,14). The number of rotatable bonds is 5. The third-order valence-corrected chi connectivity index (χ3v) is 2.45. The zero-order chi connectivity index (χ0) is 12.0. The Morgan fingerprint density at radius 1 is 1.50 bits per heavy atom. The summed E-state index contributed by atoms with van der Waals surface area (Å²) in [4.78, 5) is 22.6. The van der Waals surface area contributed by atoms with E-state index in [0.717, 1.165) is 0 Å². The Morgan fingerprint density at radius 3 is 2.81 bits per heavy atom. The molecule has 1 amide bonds. The Labute approximate surface area is 94.7 Å². The van der Waals surface area contributed by atoms with E-state index in [9.17, 15) is 9.59 Å². The van der Waals surface area contributed by atoms with E-state index in [-0.39, 0.29) is 24.6 Å². The molecule has 0 saturated carbocycles. The second kappa shape index (κ2) is 6.44. The van der Waals surface area contributed by atoms with Gasteiger partial charge in [-0.2, -0.15) is 0 Å². The average Bonchev–Trinajstić information content (AvgIpc) is 2.75. The first-order valence-corrected chi connectivity index (χ1v) is 5.36. The summed E-state index contributed by atoms with van der Waals surface area (Å²) in [5.74, 6) is -0.607. The van der Waals surface area contributed by atoms with Crippen molar-refractivity contribution in [1.29, 1.82) is 0 Å². The van der Waals surface area contributed by atoms with Gasteiger partial charge in [-0.15, -0.1) is 0 Å². The predicted molar refractivity (Wildman–Crippen MR) is 56.8 cm³/mol. The van der Waals surface area contributed by atoms with Crippen molar-refractivity contribution < 1.29 is 19.1 Å². The predicted octanol–water partition coefficient (Wildman–Crippen LogP) is -0.957. The molecule has 1 aliphatic rings. The van der Waals surface area contributed by atoms with Crippen LogP contribution in [0.5, 0.6) is 0 Å². The number of amides is 1. The first-order valence-electron chi connectivity index (χ1n) is 5.36. The van der Waals surface area contributed by atoms with Crippen molar-refractivity contribution in [2.75, 3.05) is 26.8 Å². The Bertz CT molecular complexity index is 257. The van der Waals surface area contributed by atoms with E-state index in [1.165, 1.54) is 0 Å². The molecule has 1 fully saturated rings. The number of esters is 1. The molecule has 2 N–H and O–H groups in total. The zero-order valence-corrected chi connectivity index (χ0v) is 9.62. The molecule has 0 radical (unpaired) electrons. The van der Waals surface area contributed by atoms with Crippen molar-refractivity contribution in [2.24, 2.45) is 0 Å². The number of ether oxygens (including phenoxy) is 2. The lowest BCUT2D eigenvalue weighted by atomic mass is 10.2. The minimum atomic E-state index is -0.419. The Hall–Kier alpha value is -1.14. The Balaban J connectivity index is 2.23. The highest BCUT2D eigenvalue weighted by Crippen LogP contribution is 2.09. The Morgan fingerprint density at radius 2 is 2.25 bits per heavy atom. The van der Waals surface area contributed by atoms with Crippen LogP contribution in [0.15, 0.2) is 0 Å². The van der Waals surface area contributed by atoms with E-state index in [1.807, 2.05) is 0 Å². The molecule has 0 spiro atoms. The van der Waals surface area contributed by atoms with Gasteiger partial charge < -0.3 is 20.1 Å². The fraction of sp³-hybridized carbons (Fsp3) is 0.800. The number of carbonyl (C=O) groups excluding carboxylic acids is 2. The molecule has 0 aliphatic carbocycles. The largest absolute Gasteiger partial charge is 0.465 e. The quantitative estimate of drug-likeness (QED) is 0.595. The van der Waals surface area contributed by atoms with Crippen LogP contribution in [0.25, 0.3) is 0 Å². The number of hydrogen-bond donors (Lipinski definition) is 2. The van der Waals surface area contributed by atoms with E-state index in [1.54, 1.807) is 14.0 Å². The molecule has 2 atom stereocenters. The summed E-state index contributed by atoms with van der Waals surface area (Å²) in [5, 5.41) is 5.55. The SMILES string of the molecule is CCOC(=O)CNC(=O)C1CC(OC)CN1. The van der Waals surface area contributed by atoms with Crippen LogP contribution >= 0.6 is 0 Å². The molecule has 92 valence electrons. The van der Waals surface area contributed by atoms with Gasteiger partial charge in [0.1, 0.15) is 6.54 Å². The normalized spacial score (nSPS) is 24.1. The molecule has 6 heteroatoms. The third kappa shape index (κ3) is 3.79. The van der Waals surface area contributed by atoms with Crippen molar-refractivity contribution >= 4 is 11.9 Å². The summed E-state index contributed by atoms with van der Waals surface area (Å²) < 4.78 is 9.82. The Kier molecular flexibility index (Phi) is 5.21. The highest BCUT2D eigenvalue weighted by atomic mass is 16.5. The molecule has 1 aliphatic heterocycles. The maximum Gasteiger partial charge on any atom is 0.325 e. The van der Waals surface area contributed by atoms with Gasteiger partial charge in [-0.3, -0.25) is 9.59 Å². The lowest BCUT2D eigenvalue weighted by molar-refractivity contribution is -0.143. The highest BCUT2D eigenvalue weighted by Gasteiger charge is 2.29. The van der Waals surface area contributed by atoms with Crippen LogP contribution in [0.3, 0.4) is 0 Å². The fourth-order valence-corrected chi connectivity index (χ4v) is 1.58. The molecule has 1 saturated heterocycles. The van der Waals surface area contributed by atoms with Crippen molar-refractivity contribution in [3.63, 3.8) is 0 Å². The molecule has 1 heterocycles. The fourth-order valence-electron chi connectivity index (χ4n) is 1.58. The van der Waals surface area contributed by atoms with Crippen LogP contribution in [-0.4, -0.2) is 50.8 Å². The lowest BCUT2D eigenvalue weighted by Gasteiger charge is -2.10. The number of hydrogen-bond acceptors (Lipinski definition) is 5. The summed E-state index contributed by atoms with van der Waals surface area (Å²) >= 11 is 0. The van der Waals surface area contributed by atoms with E-state index in [4.69, 9.17) is 9.47 Å². The van der Waals surface area contributed by atoms with Crippen molar-refractivity contribution in [2.45, 2.75) is 25.5 Å². The molecular formula is C10H18N2O4. The van der Waals surface area contributed by atoms with E-state index in [0.29, 0.717) is 19.6 Å². The van der Waals surface area contributed by atoms with Gasteiger partial charge in [-0.25, -0.2) is 0 Å². The molecule has 0 aromatic rings. The van der Waals surface area contributed by atoms with E-state index < -0.39 is 5.97 Å². The van der Waals surface area contributed by atoms with Gasteiger partial charge in [-0.1, -0.05) is 0 Å². The second-order valence-electron chi connectivity index (χ2n) is 3.58. The summed E-state index contributed by atoms with van der Waals surface area (Å²) in [7, 11) is 1.62. The summed E-state index contributed by atoms with van der Waals surface area (Å²) in [6.07, 6.45) is 0.698. The summed E-state index contributed by atoms with van der Waals surface area (Å²) in [6, 6.07) is -0.278. The van der Waals surface area contributed by atoms with Gasteiger partial charge in [0.15, 0.2) is 0 Å². The summed E-state index contributed by atoms with van der Waals surface area (Å²) in [5.41, 5.74) is 0. The van der Waals surface area contributed by atoms with Gasteiger partial charge in [-0.05, 0) is 13.3 Å². The smallest absolute Gasteiger partial charge is 0.325 e. The maximum absolute atomic E-state index is 11.6. The first-order chi connectivity index (χ1) is 7.67. The molecule has 0 bridgehead atoms. The number of nitrogens with one attached hydrogen (secondary N) is 2. The van der Waals surface area contributed by atoms with Crippen LogP contribution in [-0.2, 0) is 19.1 Å². The minimum absolute atomic E-state index is 0.0679. The summed E-state index contributed by atoms with van der Waals surface area (Å²) in [6.45, 7) is 2.63. The molecule has 2 unspecified atom stereocenters. The van der Waals surface area contributed by atoms with Crippen LogP contribution < -0.4 is 10.6 Å². The highest BCUT2D eigenvalue weighted by molar-refractivity contribution is 5.85. The molecular weight excluding hydrogens is 212 g/mol. The molecule has 0 aromatic carbocycles. The number of carbonyl (C=O) groups is 2. The first kappa shape index (κ1) is 12.9. The molecule has 16 heavy (non-hydrogen) atoms. The monoisotopic (exact) mass is 230 g/mol. The van der Waals surface area contributed by atoms with Crippen molar-refractivity contribution in [1.82, 2.24) is 10.6 Å². The topological polar surface area (TPSA) is 76.7 Å². The van der Waals surface area contributed by atoms with Gasteiger partial charge in [0.2, 0.25) is 5.91 Å². The third-order valence-electron chi connectivity index (χ3n) is 2.45. The second-order valence-corrected chi connectivity index (χ2v) is 3.58. The van der Waals surface area contributed by atoms with Crippen LogP contribution in [0, 0.1) is 0 Å². The van der Waals surface area contributed by atoms with Gasteiger partial charge in [0.25, 0.3) is 0 Å².